The van der Waals surface area contributed by atoms with Gasteiger partial charge in [-0.3, -0.25) is 9.59 Å². The summed E-state index contributed by atoms with van der Waals surface area (Å²) in [7, 11) is 0. The Morgan fingerprint density at radius 3 is 2.21 bits per heavy atom. The summed E-state index contributed by atoms with van der Waals surface area (Å²) < 4.78 is 5.32. The molecule has 1 aliphatic rings. The Hall–Kier alpha value is -2.57. The second-order valence-corrected chi connectivity index (χ2v) is 10.2. The number of ether oxygens (including phenoxy) is 1. The van der Waals surface area contributed by atoms with E-state index >= 15 is 0 Å². The number of benzene rings is 1. The summed E-state index contributed by atoms with van der Waals surface area (Å²) in [6, 6.07) is 6.43. The largest absolute Gasteiger partial charge is 0.444 e. The zero-order valence-electron chi connectivity index (χ0n) is 21.8. The Labute approximate surface area is 205 Å². The lowest BCUT2D eigenvalue weighted by Gasteiger charge is -2.35. The Bertz CT molecular complexity index is 810. The lowest BCUT2D eigenvalue weighted by molar-refractivity contribution is -0.142. The van der Waals surface area contributed by atoms with E-state index < -0.39 is 23.8 Å². The van der Waals surface area contributed by atoms with Crippen molar-refractivity contribution in [1.29, 1.82) is 0 Å². The number of carbonyl (C=O) groups excluding carboxylic acids is 3. The maximum atomic E-state index is 13.6. The van der Waals surface area contributed by atoms with Crippen LogP contribution in [0.2, 0.25) is 0 Å². The molecule has 0 aliphatic heterocycles. The highest BCUT2D eigenvalue weighted by molar-refractivity contribution is 5.92. The van der Waals surface area contributed by atoms with Gasteiger partial charge in [0.2, 0.25) is 11.8 Å². The molecule has 3 amide bonds. The van der Waals surface area contributed by atoms with Crippen molar-refractivity contribution in [2.24, 2.45) is 0 Å². The number of hydrogen-bond acceptors (Lipinski definition) is 4. The Morgan fingerprint density at radius 1 is 1.06 bits per heavy atom. The van der Waals surface area contributed by atoms with Crippen molar-refractivity contribution >= 4 is 17.9 Å². The Balaban J connectivity index is 2.30. The van der Waals surface area contributed by atoms with E-state index in [0.29, 0.717) is 13.0 Å². The van der Waals surface area contributed by atoms with Gasteiger partial charge in [0.25, 0.3) is 0 Å². The highest BCUT2D eigenvalue weighted by Crippen LogP contribution is 2.25. The van der Waals surface area contributed by atoms with Gasteiger partial charge >= 0.3 is 6.09 Å². The van der Waals surface area contributed by atoms with Crippen LogP contribution in [0, 0.1) is 0 Å². The van der Waals surface area contributed by atoms with Crippen LogP contribution in [0.5, 0.6) is 0 Å². The van der Waals surface area contributed by atoms with Gasteiger partial charge in [-0.25, -0.2) is 4.79 Å². The smallest absolute Gasteiger partial charge is 0.408 e. The van der Waals surface area contributed by atoms with Crippen LogP contribution in [0.4, 0.5) is 4.79 Å². The van der Waals surface area contributed by atoms with Crippen LogP contribution >= 0.6 is 0 Å². The van der Waals surface area contributed by atoms with Crippen LogP contribution in [-0.4, -0.2) is 47.0 Å². The minimum atomic E-state index is -0.832. The van der Waals surface area contributed by atoms with E-state index in [4.69, 9.17) is 4.74 Å². The van der Waals surface area contributed by atoms with Crippen LogP contribution < -0.4 is 10.6 Å². The van der Waals surface area contributed by atoms with Gasteiger partial charge in [-0.05, 0) is 64.5 Å². The summed E-state index contributed by atoms with van der Waals surface area (Å²) >= 11 is 0. The lowest BCUT2D eigenvalue weighted by Crippen LogP contribution is -2.53. The molecule has 2 atom stereocenters. The van der Waals surface area contributed by atoms with E-state index in [0.717, 1.165) is 37.7 Å². The molecule has 7 nitrogen and oxygen atoms in total. The number of hydrogen-bond donors (Lipinski definition) is 2. The fourth-order valence-electron chi connectivity index (χ4n) is 4.34. The zero-order chi connectivity index (χ0) is 25.3. The monoisotopic (exact) mass is 473 g/mol. The van der Waals surface area contributed by atoms with Gasteiger partial charge in [-0.15, -0.1) is 0 Å². The summed E-state index contributed by atoms with van der Waals surface area (Å²) in [6.07, 6.45) is 6.27. The first-order valence-corrected chi connectivity index (χ1v) is 12.7. The zero-order valence-corrected chi connectivity index (χ0v) is 21.8. The molecular weight excluding hydrogens is 430 g/mol. The van der Waals surface area contributed by atoms with Crippen LogP contribution in [-0.2, 0) is 20.7 Å². The number of carbonyl (C=O) groups is 3. The van der Waals surface area contributed by atoms with E-state index in [1.807, 2.05) is 31.2 Å². The average molecular weight is 474 g/mol. The van der Waals surface area contributed by atoms with E-state index in [2.05, 4.69) is 17.6 Å². The number of aryl methyl sites for hydroxylation is 1. The molecule has 1 saturated carbocycles. The van der Waals surface area contributed by atoms with E-state index in [1.165, 1.54) is 12.0 Å². The predicted molar refractivity (Wildman–Crippen MR) is 134 cm³/mol. The number of amides is 3. The molecule has 2 N–H and O–H groups in total. The molecule has 2 unspecified atom stereocenters. The standard InChI is InChI=1S/C27H43N3O4/c1-7-18-30(25(32)19(3)28-26(33)34-27(4,5)6)23(21-16-14-20(8-2)15-17-21)24(31)29-22-12-10-9-11-13-22/h14-17,19,22-23H,7-13,18H2,1-6H3,(H,28,33)(H,29,31). The Morgan fingerprint density at radius 2 is 1.68 bits per heavy atom. The normalized spacial score (nSPS) is 16.3. The van der Waals surface area contributed by atoms with Gasteiger partial charge in [-0.2, -0.15) is 0 Å². The molecule has 2 rings (SSSR count). The highest BCUT2D eigenvalue weighted by Gasteiger charge is 2.35. The molecule has 1 aromatic rings. The third kappa shape index (κ3) is 8.33. The van der Waals surface area contributed by atoms with Crippen molar-refractivity contribution in [3.8, 4) is 0 Å². The fraction of sp³-hybridized carbons (Fsp3) is 0.667. The van der Waals surface area contributed by atoms with Gasteiger partial charge in [0.1, 0.15) is 17.7 Å². The van der Waals surface area contributed by atoms with Crippen LogP contribution in [0.15, 0.2) is 24.3 Å². The maximum absolute atomic E-state index is 13.6. The molecule has 0 aromatic heterocycles. The first-order chi connectivity index (χ1) is 16.1. The van der Waals surface area contributed by atoms with Crippen molar-refractivity contribution in [1.82, 2.24) is 15.5 Å². The predicted octanol–water partition coefficient (Wildman–Crippen LogP) is 4.89. The average Bonchev–Trinajstić information content (AvgIpc) is 2.78. The van der Waals surface area contributed by atoms with Crippen molar-refractivity contribution in [3.63, 3.8) is 0 Å². The topological polar surface area (TPSA) is 87.7 Å². The third-order valence-corrected chi connectivity index (χ3v) is 6.07. The minimum absolute atomic E-state index is 0.134. The molecule has 1 fully saturated rings. The lowest BCUT2D eigenvalue weighted by atomic mass is 9.94. The fourth-order valence-corrected chi connectivity index (χ4v) is 4.34. The summed E-state index contributed by atoms with van der Waals surface area (Å²) in [4.78, 5) is 41.0. The van der Waals surface area contributed by atoms with Crippen LogP contribution in [0.3, 0.4) is 0 Å². The number of nitrogens with one attached hydrogen (secondary N) is 2. The van der Waals surface area contributed by atoms with Crippen molar-refractivity contribution in [3.05, 3.63) is 35.4 Å². The van der Waals surface area contributed by atoms with Crippen LogP contribution in [0.25, 0.3) is 0 Å². The molecule has 1 aliphatic carbocycles. The second kappa shape index (κ2) is 12.8. The van der Waals surface area contributed by atoms with E-state index in [9.17, 15) is 14.4 Å². The van der Waals surface area contributed by atoms with Gasteiger partial charge in [0.05, 0.1) is 0 Å². The molecule has 0 spiro atoms. The summed E-state index contributed by atoms with van der Waals surface area (Å²) in [5.41, 5.74) is 1.28. The SMILES string of the molecule is CCCN(C(=O)C(C)NC(=O)OC(C)(C)C)C(C(=O)NC1CCCCC1)c1ccc(CC)cc1. The molecule has 0 radical (unpaired) electrons. The van der Waals surface area contributed by atoms with Crippen molar-refractivity contribution in [2.75, 3.05) is 6.54 Å². The summed E-state index contributed by atoms with van der Waals surface area (Å²) in [5.74, 6) is -0.474. The second-order valence-electron chi connectivity index (χ2n) is 10.2. The van der Waals surface area contributed by atoms with Gasteiger partial charge < -0.3 is 20.3 Å². The quantitative estimate of drug-likeness (QED) is 0.534. The van der Waals surface area contributed by atoms with Gasteiger partial charge in [0.15, 0.2) is 0 Å². The molecule has 0 bridgehead atoms. The molecule has 190 valence electrons. The third-order valence-electron chi connectivity index (χ3n) is 6.07. The molecule has 0 heterocycles. The maximum Gasteiger partial charge on any atom is 0.408 e. The molecule has 7 heteroatoms. The van der Waals surface area contributed by atoms with Crippen molar-refractivity contribution < 1.29 is 19.1 Å². The highest BCUT2D eigenvalue weighted by atomic mass is 16.6. The summed E-state index contributed by atoms with van der Waals surface area (Å²) in [5, 5.41) is 5.84. The van der Waals surface area contributed by atoms with Crippen LogP contribution in [0.1, 0.15) is 97.2 Å². The van der Waals surface area contributed by atoms with E-state index in [1.54, 1.807) is 32.6 Å². The van der Waals surface area contributed by atoms with Crippen molar-refractivity contribution in [2.45, 2.75) is 110 Å². The Kier molecular flexibility index (Phi) is 10.4. The molecule has 34 heavy (non-hydrogen) atoms. The minimum Gasteiger partial charge on any atom is -0.444 e. The number of alkyl carbamates (subject to hydrolysis) is 1. The van der Waals surface area contributed by atoms with Gasteiger partial charge in [0, 0.05) is 12.6 Å². The molecule has 1 aromatic carbocycles. The summed E-state index contributed by atoms with van der Waals surface area (Å²) in [6.45, 7) is 11.4. The number of nitrogens with zero attached hydrogens (tertiary/aromatic N) is 1. The van der Waals surface area contributed by atoms with E-state index in [-0.39, 0.29) is 17.9 Å². The number of rotatable bonds is 9. The van der Waals surface area contributed by atoms with Gasteiger partial charge in [-0.1, -0.05) is 57.4 Å². The first kappa shape index (κ1) is 27.7. The first-order valence-electron chi connectivity index (χ1n) is 12.7. The molecule has 0 saturated heterocycles. The molecular formula is C27H43N3O4.